The summed E-state index contributed by atoms with van der Waals surface area (Å²) in [6.07, 6.45) is 2.40. The van der Waals surface area contributed by atoms with Gasteiger partial charge in [-0.15, -0.1) is 0 Å². The summed E-state index contributed by atoms with van der Waals surface area (Å²) in [4.78, 5) is 6.66. The zero-order chi connectivity index (χ0) is 13.2. The Balaban J connectivity index is 2.00. The van der Waals surface area contributed by atoms with Gasteiger partial charge >= 0.3 is 0 Å². The van der Waals surface area contributed by atoms with Gasteiger partial charge in [-0.05, 0) is 33.2 Å². The number of nitrogens with zero attached hydrogens (tertiary/aromatic N) is 2. The Bertz CT molecular complexity index is 237. The smallest absolute Gasteiger partial charge is 0.191 e. The fourth-order valence-corrected chi connectivity index (χ4v) is 1.96. The monoisotopic (exact) mass is 256 g/mol. The summed E-state index contributed by atoms with van der Waals surface area (Å²) >= 11 is 0. The quantitative estimate of drug-likeness (QED) is 0.417. The number of guanidine groups is 1. The second kappa shape index (κ2) is 9.16. The average Bonchev–Trinajstić information content (AvgIpc) is 2.37. The van der Waals surface area contributed by atoms with Gasteiger partial charge in [0.05, 0.1) is 13.2 Å². The first-order chi connectivity index (χ1) is 8.72. The van der Waals surface area contributed by atoms with Crippen molar-refractivity contribution in [2.24, 2.45) is 4.99 Å². The molecular weight excluding hydrogens is 228 g/mol. The lowest BCUT2D eigenvalue weighted by Gasteiger charge is -2.26. The third-order valence-electron chi connectivity index (χ3n) is 2.95. The minimum atomic E-state index is 0.421. The average molecular weight is 256 g/mol. The summed E-state index contributed by atoms with van der Waals surface area (Å²) in [5.74, 6) is 0.899. The molecule has 0 spiro atoms. The lowest BCUT2D eigenvalue weighted by Crippen LogP contribution is -2.41. The summed E-state index contributed by atoms with van der Waals surface area (Å²) in [5, 5.41) is 6.62. The van der Waals surface area contributed by atoms with Crippen molar-refractivity contribution in [1.29, 1.82) is 0 Å². The summed E-state index contributed by atoms with van der Waals surface area (Å²) in [6, 6.07) is 0.421. The van der Waals surface area contributed by atoms with Gasteiger partial charge in [-0.1, -0.05) is 0 Å². The van der Waals surface area contributed by atoms with Crippen molar-refractivity contribution in [3.8, 4) is 0 Å². The standard InChI is InChI=1S/C13H28N4O/c1-12(2)16-13(14-3)15-6-4-5-7-17-8-10-18-11-9-17/h12H,4-11H2,1-3H3,(H2,14,15,16). The van der Waals surface area contributed by atoms with E-state index in [0.29, 0.717) is 6.04 Å². The van der Waals surface area contributed by atoms with Gasteiger partial charge in [-0.2, -0.15) is 0 Å². The van der Waals surface area contributed by atoms with E-state index in [4.69, 9.17) is 4.74 Å². The van der Waals surface area contributed by atoms with Crippen LogP contribution in [0.1, 0.15) is 26.7 Å². The van der Waals surface area contributed by atoms with E-state index in [2.05, 4.69) is 34.4 Å². The molecule has 0 atom stereocenters. The molecule has 1 fully saturated rings. The molecule has 1 aliphatic rings. The van der Waals surface area contributed by atoms with Crippen LogP contribution in [-0.2, 0) is 4.74 Å². The minimum absolute atomic E-state index is 0.421. The Morgan fingerprint density at radius 3 is 2.61 bits per heavy atom. The van der Waals surface area contributed by atoms with Gasteiger partial charge in [0.2, 0.25) is 0 Å². The molecule has 1 aliphatic heterocycles. The van der Waals surface area contributed by atoms with Crippen molar-refractivity contribution >= 4 is 5.96 Å². The molecule has 0 amide bonds. The molecule has 0 bridgehead atoms. The van der Waals surface area contributed by atoms with Crippen LogP contribution in [0, 0.1) is 0 Å². The van der Waals surface area contributed by atoms with Crippen LogP contribution in [0.15, 0.2) is 4.99 Å². The van der Waals surface area contributed by atoms with Gasteiger partial charge in [-0.3, -0.25) is 9.89 Å². The minimum Gasteiger partial charge on any atom is -0.379 e. The van der Waals surface area contributed by atoms with Gasteiger partial charge in [0.1, 0.15) is 0 Å². The van der Waals surface area contributed by atoms with Crippen molar-refractivity contribution in [1.82, 2.24) is 15.5 Å². The lowest BCUT2D eigenvalue weighted by atomic mass is 10.2. The number of hydrogen-bond donors (Lipinski definition) is 2. The second-order valence-electron chi connectivity index (χ2n) is 4.96. The summed E-state index contributed by atoms with van der Waals surface area (Å²) in [5.41, 5.74) is 0. The van der Waals surface area contributed by atoms with Crippen molar-refractivity contribution in [3.05, 3.63) is 0 Å². The third-order valence-corrected chi connectivity index (χ3v) is 2.95. The third kappa shape index (κ3) is 6.81. The van der Waals surface area contributed by atoms with E-state index >= 15 is 0 Å². The summed E-state index contributed by atoms with van der Waals surface area (Å²) in [6.45, 7) is 10.4. The molecule has 5 nitrogen and oxygen atoms in total. The van der Waals surface area contributed by atoms with Crippen LogP contribution < -0.4 is 10.6 Å². The molecule has 0 unspecified atom stereocenters. The molecular formula is C13H28N4O. The van der Waals surface area contributed by atoms with E-state index in [-0.39, 0.29) is 0 Å². The Hall–Kier alpha value is -0.810. The molecule has 106 valence electrons. The van der Waals surface area contributed by atoms with E-state index in [1.807, 2.05) is 7.05 Å². The number of rotatable bonds is 6. The predicted molar refractivity (Wildman–Crippen MR) is 76.1 cm³/mol. The fraction of sp³-hybridized carbons (Fsp3) is 0.923. The van der Waals surface area contributed by atoms with Gasteiger partial charge in [-0.25, -0.2) is 0 Å². The highest BCUT2D eigenvalue weighted by Crippen LogP contribution is 1.99. The topological polar surface area (TPSA) is 48.9 Å². The van der Waals surface area contributed by atoms with E-state index < -0.39 is 0 Å². The molecule has 0 aromatic heterocycles. The highest BCUT2D eigenvalue weighted by Gasteiger charge is 2.08. The van der Waals surface area contributed by atoms with Crippen LogP contribution in [0.3, 0.4) is 0 Å². The predicted octanol–water partition coefficient (Wildman–Crippen LogP) is 0.672. The number of unbranched alkanes of at least 4 members (excludes halogenated alkanes) is 1. The van der Waals surface area contributed by atoms with Crippen molar-refractivity contribution in [3.63, 3.8) is 0 Å². The number of ether oxygens (including phenoxy) is 1. The van der Waals surface area contributed by atoms with Gasteiger partial charge in [0.15, 0.2) is 5.96 Å². The maximum Gasteiger partial charge on any atom is 0.191 e. The van der Waals surface area contributed by atoms with Crippen molar-refractivity contribution in [2.75, 3.05) is 46.4 Å². The normalized spacial score (nSPS) is 18.1. The largest absolute Gasteiger partial charge is 0.379 e. The number of aliphatic imine (C=N–C) groups is 1. The van der Waals surface area contributed by atoms with E-state index in [1.54, 1.807) is 0 Å². The Labute approximate surface area is 111 Å². The van der Waals surface area contributed by atoms with Crippen LogP contribution in [0.25, 0.3) is 0 Å². The zero-order valence-electron chi connectivity index (χ0n) is 12.0. The summed E-state index contributed by atoms with van der Waals surface area (Å²) in [7, 11) is 1.81. The van der Waals surface area contributed by atoms with Gasteiger partial charge in [0.25, 0.3) is 0 Å². The Morgan fingerprint density at radius 2 is 2.00 bits per heavy atom. The Kier molecular flexibility index (Phi) is 7.76. The maximum atomic E-state index is 5.33. The molecule has 1 rings (SSSR count). The van der Waals surface area contributed by atoms with Crippen molar-refractivity contribution in [2.45, 2.75) is 32.7 Å². The van der Waals surface area contributed by atoms with E-state index in [1.165, 1.54) is 19.4 Å². The van der Waals surface area contributed by atoms with Crippen LogP contribution in [0.2, 0.25) is 0 Å². The number of hydrogen-bond acceptors (Lipinski definition) is 3. The molecule has 5 heteroatoms. The molecule has 1 heterocycles. The molecule has 0 aromatic rings. The van der Waals surface area contributed by atoms with Crippen LogP contribution >= 0.6 is 0 Å². The first-order valence-corrected chi connectivity index (χ1v) is 6.99. The maximum absolute atomic E-state index is 5.33. The second-order valence-corrected chi connectivity index (χ2v) is 4.96. The lowest BCUT2D eigenvalue weighted by molar-refractivity contribution is 0.0372. The zero-order valence-corrected chi connectivity index (χ0v) is 12.0. The molecule has 0 aliphatic carbocycles. The Morgan fingerprint density at radius 1 is 1.28 bits per heavy atom. The SMILES string of the molecule is CN=C(NCCCCN1CCOCC1)NC(C)C. The number of morpholine rings is 1. The summed E-state index contributed by atoms with van der Waals surface area (Å²) < 4.78 is 5.33. The molecule has 0 radical (unpaired) electrons. The first kappa shape index (κ1) is 15.2. The number of nitrogens with one attached hydrogen (secondary N) is 2. The van der Waals surface area contributed by atoms with Crippen LogP contribution in [-0.4, -0.2) is 63.3 Å². The van der Waals surface area contributed by atoms with E-state index in [0.717, 1.165) is 38.8 Å². The first-order valence-electron chi connectivity index (χ1n) is 6.99. The highest BCUT2D eigenvalue weighted by atomic mass is 16.5. The molecule has 18 heavy (non-hydrogen) atoms. The molecule has 1 saturated heterocycles. The molecule has 0 saturated carbocycles. The van der Waals surface area contributed by atoms with Gasteiger partial charge in [0, 0.05) is 32.7 Å². The van der Waals surface area contributed by atoms with E-state index in [9.17, 15) is 0 Å². The molecule has 2 N–H and O–H groups in total. The van der Waals surface area contributed by atoms with Crippen LogP contribution in [0.4, 0.5) is 0 Å². The van der Waals surface area contributed by atoms with Crippen molar-refractivity contribution < 1.29 is 4.74 Å². The van der Waals surface area contributed by atoms with Crippen LogP contribution in [0.5, 0.6) is 0 Å². The highest BCUT2D eigenvalue weighted by molar-refractivity contribution is 5.79. The fourth-order valence-electron chi connectivity index (χ4n) is 1.96. The molecule has 0 aromatic carbocycles. The van der Waals surface area contributed by atoms with Gasteiger partial charge < -0.3 is 15.4 Å².